The number of carbonyl (C=O) groups excluding carboxylic acids is 3. The van der Waals surface area contributed by atoms with Gasteiger partial charge in [0.1, 0.15) is 17.2 Å². The predicted molar refractivity (Wildman–Crippen MR) is 163 cm³/mol. The van der Waals surface area contributed by atoms with E-state index in [1.807, 2.05) is 39.0 Å². The van der Waals surface area contributed by atoms with Crippen molar-refractivity contribution >= 4 is 23.8 Å². The first kappa shape index (κ1) is 34.1. The molecular formula is C34H44O8. The molecule has 0 aliphatic rings. The summed E-state index contributed by atoms with van der Waals surface area (Å²) in [4.78, 5) is 37.0. The Morgan fingerprint density at radius 2 is 1.38 bits per heavy atom. The van der Waals surface area contributed by atoms with Crippen LogP contribution in [0.15, 0.2) is 54.6 Å². The minimum atomic E-state index is -0.640. The third-order valence-electron chi connectivity index (χ3n) is 5.73. The van der Waals surface area contributed by atoms with Crippen molar-refractivity contribution in [3.05, 3.63) is 71.3 Å². The Kier molecular flexibility index (Phi) is 12.4. The first-order valence-corrected chi connectivity index (χ1v) is 14.0. The maximum absolute atomic E-state index is 13.0. The van der Waals surface area contributed by atoms with Crippen molar-refractivity contribution in [1.29, 1.82) is 0 Å². The van der Waals surface area contributed by atoms with Crippen molar-refractivity contribution in [2.75, 3.05) is 13.6 Å². The Bertz CT molecular complexity index is 1270. The molecule has 0 fully saturated rings. The van der Waals surface area contributed by atoms with Gasteiger partial charge in [-0.05, 0) is 117 Å². The molecule has 0 saturated carbocycles. The number of allylic oxidation sites excluding steroid dienone is 3. The predicted octanol–water partition coefficient (Wildman–Crippen LogP) is 7.34. The zero-order valence-electron chi connectivity index (χ0n) is 26.2. The van der Waals surface area contributed by atoms with E-state index in [2.05, 4.69) is 0 Å². The molecule has 2 aromatic rings. The molecule has 228 valence electrons. The monoisotopic (exact) mass is 580 g/mol. The number of ether oxygens (including phenoxy) is 5. The van der Waals surface area contributed by atoms with Crippen LogP contribution in [0.2, 0.25) is 0 Å². The number of esters is 2. The third kappa shape index (κ3) is 11.1. The molecule has 42 heavy (non-hydrogen) atoms. The van der Waals surface area contributed by atoms with E-state index < -0.39 is 10.8 Å². The molecule has 0 saturated heterocycles. The van der Waals surface area contributed by atoms with Gasteiger partial charge in [-0.2, -0.15) is 0 Å². The quantitative estimate of drug-likeness (QED) is 0.0798. The summed E-state index contributed by atoms with van der Waals surface area (Å²) in [5, 5.41) is 0. The topological polar surface area (TPSA) is 97.4 Å². The van der Waals surface area contributed by atoms with Gasteiger partial charge in [0.15, 0.2) is 5.78 Å². The molecule has 8 heteroatoms. The highest BCUT2D eigenvalue weighted by Gasteiger charge is 2.24. The summed E-state index contributed by atoms with van der Waals surface area (Å²) in [6, 6.07) is 10.2. The van der Waals surface area contributed by atoms with Gasteiger partial charge < -0.3 is 23.7 Å². The van der Waals surface area contributed by atoms with E-state index in [0.29, 0.717) is 34.8 Å². The number of benzene rings is 2. The van der Waals surface area contributed by atoms with Crippen LogP contribution in [-0.2, 0) is 25.5 Å². The van der Waals surface area contributed by atoms with E-state index in [0.717, 1.165) is 5.56 Å². The Labute approximate surface area is 249 Å². The highest BCUT2D eigenvalue weighted by atomic mass is 16.7. The van der Waals surface area contributed by atoms with E-state index in [9.17, 15) is 14.4 Å². The lowest BCUT2D eigenvalue weighted by Crippen LogP contribution is -2.24. The molecular weight excluding hydrogens is 536 g/mol. The van der Waals surface area contributed by atoms with Gasteiger partial charge in [-0.1, -0.05) is 12.2 Å². The smallest absolute Gasteiger partial charge is 0.314 e. The average Bonchev–Trinajstić information content (AvgIpc) is 2.90. The molecule has 0 aliphatic heterocycles. The lowest BCUT2D eigenvalue weighted by Gasteiger charge is -2.19. The normalized spacial score (nSPS) is 12.0. The van der Waals surface area contributed by atoms with Crippen molar-refractivity contribution in [2.45, 2.75) is 74.8 Å². The number of hydrogen-bond donors (Lipinski definition) is 0. The lowest BCUT2D eigenvalue weighted by molar-refractivity contribution is -0.160. The minimum absolute atomic E-state index is 0.129. The second kappa shape index (κ2) is 15.2. The Morgan fingerprint density at radius 3 is 1.90 bits per heavy atom. The fourth-order valence-electron chi connectivity index (χ4n) is 3.36. The lowest BCUT2D eigenvalue weighted by atomic mass is 9.97. The fourth-order valence-corrected chi connectivity index (χ4v) is 3.36. The van der Waals surface area contributed by atoms with Gasteiger partial charge in [0, 0.05) is 17.2 Å². The molecule has 8 nitrogen and oxygen atoms in total. The molecule has 0 spiro atoms. The van der Waals surface area contributed by atoms with Crippen LogP contribution >= 0.6 is 0 Å². The van der Waals surface area contributed by atoms with Crippen molar-refractivity contribution in [3.63, 3.8) is 0 Å². The number of ketones is 1. The van der Waals surface area contributed by atoms with Gasteiger partial charge in [0.2, 0.25) is 13.6 Å². The summed E-state index contributed by atoms with van der Waals surface area (Å²) in [6.45, 7) is 15.9. The first-order chi connectivity index (χ1) is 19.6. The average molecular weight is 581 g/mol. The first-order valence-electron chi connectivity index (χ1n) is 14.0. The number of rotatable bonds is 13. The molecule has 0 aromatic heterocycles. The maximum Gasteiger partial charge on any atom is 0.314 e. The highest BCUT2D eigenvalue weighted by molar-refractivity contribution is 6.07. The molecule has 2 aromatic carbocycles. The highest BCUT2D eigenvalue weighted by Crippen LogP contribution is 2.32. The van der Waals surface area contributed by atoms with Crippen molar-refractivity contribution in [2.24, 2.45) is 10.8 Å². The van der Waals surface area contributed by atoms with Gasteiger partial charge >= 0.3 is 11.9 Å². The van der Waals surface area contributed by atoms with Crippen LogP contribution in [0.4, 0.5) is 0 Å². The fraction of sp³-hybridized carbons (Fsp3) is 0.441. The Morgan fingerprint density at radius 1 is 0.810 bits per heavy atom. The van der Waals surface area contributed by atoms with Crippen molar-refractivity contribution in [3.8, 4) is 17.2 Å². The van der Waals surface area contributed by atoms with Crippen LogP contribution in [0.3, 0.4) is 0 Å². The number of carbonyl (C=O) groups is 3. The van der Waals surface area contributed by atoms with E-state index in [1.165, 1.54) is 6.08 Å². The van der Waals surface area contributed by atoms with Crippen LogP contribution in [0.5, 0.6) is 17.2 Å². The molecule has 2 rings (SSSR count). The van der Waals surface area contributed by atoms with E-state index in [4.69, 9.17) is 23.7 Å². The molecule has 0 atom stereocenters. The van der Waals surface area contributed by atoms with Crippen LogP contribution in [0.25, 0.3) is 6.08 Å². The summed E-state index contributed by atoms with van der Waals surface area (Å²) in [5.41, 5.74) is 0.756. The molecule has 0 bridgehead atoms. The van der Waals surface area contributed by atoms with Crippen LogP contribution in [0.1, 0.15) is 83.8 Å². The van der Waals surface area contributed by atoms with Crippen molar-refractivity contribution in [1.82, 2.24) is 0 Å². The molecule has 0 N–H and O–H groups in total. The van der Waals surface area contributed by atoms with Crippen LogP contribution in [0, 0.1) is 10.8 Å². The third-order valence-corrected chi connectivity index (χ3v) is 5.73. The molecule has 0 radical (unpaired) electrons. The maximum atomic E-state index is 13.0. The van der Waals surface area contributed by atoms with Gasteiger partial charge in [-0.25, -0.2) is 0 Å². The summed E-state index contributed by atoms with van der Waals surface area (Å²) < 4.78 is 27.8. The van der Waals surface area contributed by atoms with E-state index in [1.54, 1.807) is 78.0 Å². The SMILES string of the molecule is C/C=C/Cc1cc(/C=C/C(=O)c2ccc(OCOC(=O)C(C)(C)C)cc2)c(OC(C)C)cc1OCOC(=O)C(C)(C)C. The van der Waals surface area contributed by atoms with E-state index in [-0.39, 0.29) is 37.4 Å². The summed E-state index contributed by atoms with van der Waals surface area (Å²) in [7, 11) is 0. The van der Waals surface area contributed by atoms with Gasteiger partial charge in [0.25, 0.3) is 0 Å². The Hall–Kier alpha value is -4.07. The zero-order valence-corrected chi connectivity index (χ0v) is 26.2. The van der Waals surface area contributed by atoms with E-state index >= 15 is 0 Å². The standard InChI is InChI=1S/C34H44O8/c1-10-11-12-25-19-26(30(42-23(2)3)20-29(25)39-22-41-32(37)34(7,8)9)15-18-28(35)24-13-16-27(17-14-24)38-21-40-31(36)33(4,5)6/h10-11,13-20,23H,12,21-22H2,1-9H3/b11-10+,18-15+. The van der Waals surface area contributed by atoms with Gasteiger partial charge in [0.05, 0.1) is 16.9 Å². The molecule has 0 amide bonds. The largest absolute Gasteiger partial charge is 0.490 e. The molecule has 0 heterocycles. The zero-order chi connectivity index (χ0) is 31.5. The van der Waals surface area contributed by atoms with Gasteiger partial charge in [-0.15, -0.1) is 0 Å². The van der Waals surface area contributed by atoms with Crippen molar-refractivity contribution < 1.29 is 38.1 Å². The summed E-state index contributed by atoms with van der Waals surface area (Å²) >= 11 is 0. The second-order valence-electron chi connectivity index (χ2n) is 12.0. The molecule has 0 aliphatic carbocycles. The summed E-state index contributed by atoms with van der Waals surface area (Å²) in [6.07, 6.45) is 7.55. The molecule has 0 unspecified atom stereocenters. The second-order valence-corrected chi connectivity index (χ2v) is 12.0. The minimum Gasteiger partial charge on any atom is -0.490 e. The van der Waals surface area contributed by atoms with Gasteiger partial charge in [-0.3, -0.25) is 14.4 Å². The van der Waals surface area contributed by atoms with Crippen LogP contribution < -0.4 is 14.2 Å². The summed E-state index contributed by atoms with van der Waals surface area (Å²) in [5.74, 6) is 0.597. The Balaban J connectivity index is 2.21. The number of hydrogen-bond acceptors (Lipinski definition) is 8. The van der Waals surface area contributed by atoms with Crippen LogP contribution in [-0.4, -0.2) is 37.4 Å².